The molecule has 0 radical (unpaired) electrons. The molecule has 1 N–H and O–H groups in total. The molecule has 1 aliphatic rings. The number of nitrogens with one attached hydrogen (secondary N) is 1. The molecule has 0 aliphatic carbocycles. The number of anilines is 1. The quantitative estimate of drug-likeness (QED) is 0.112. The number of amides is 1. The number of nitrogens with zero attached hydrogens (tertiary/aromatic N) is 2. The van der Waals surface area contributed by atoms with Gasteiger partial charge in [0.25, 0.3) is 11.1 Å². The van der Waals surface area contributed by atoms with Gasteiger partial charge in [0.2, 0.25) is 5.13 Å². The van der Waals surface area contributed by atoms with Crippen molar-refractivity contribution in [2.24, 2.45) is 0 Å². The molecule has 10 heteroatoms. The first-order valence-electron chi connectivity index (χ1n) is 15.1. The highest BCUT2D eigenvalue weighted by molar-refractivity contribution is 7.17. The Bertz CT molecular complexity index is 1490. The summed E-state index contributed by atoms with van der Waals surface area (Å²) in [6, 6.07) is 4.60. The van der Waals surface area contributed by atoms with E-state index < -0.39 is 11.7 Å². The third-order valence-electron chi connectivity index (χ3n) is 6.87. The molecule has 0 spiro atoms. The molecule has 3 rings (SSSR count). The van der Waals surface area contributed by atoms with Crippen LogP contribution in [-0.4, -0.2) is 49.1 Å². The van der Waals surface area contributed by atoms with Crippen LogP contribution in [0.15, 0.2) is 82.7 Å². The van der Waals surface area contributed by atoms with Gasteiger partial charge in [0.1, 0.15) is 30.0 Å². The highest BCUT2D eigenvalue weighted by atomic mass is 32.1. The van der Waals surface area contributed by atoms with Crippen molar-refractivity contribution >= 4 is 27.9 Å². The van der Waals surface area contributed by atoms with Crippen molar-refractivity contribution in [1.82, 2.24) is 10.2 Å². The Balaban J connectivity index is 1.85. The van der Waals surface area contributed by atoms with E-state index in [1.165, 1.54) is 13.2 Å². The third-order valence-corrected chi connectivity index (χ3v) is 7.62. The first-order chi connectivity index (χ1) is 21.7. The maximum atomic E-state index is 15.2. The first-order valence-corrected chi connectivity index (χ1v) is 16.0. The van der Waals surface area contributed by atoms with E-state index in [4.69, 9.17) is 18.9 Å². The Hall–Kier alpha value is -4.02. The molecule has 1 aromatic carbocycles. The van der Waals surface area contributed by atoms with Crippen LogP contribution in [0.2, 0.25) is 0 Å². The van der Waals surface area contributed by atoms with Gasteiger partial charge in [-0.2, -0.15) is 0 Å². The molecule has 45 heavy (non-hydrogen) atoms. The number of carbonyl (C=O) groups excluding carboxylic acids is 1. The zero-order valence-corrected chi connectivity index (χ0v) is 28.1. The van der Waals surface area contributed by atoms with Crippen LogP contribution in [0.25, 0.3) is 5.57 Å². The zero-order valence-electron chi connectivity index (χ0n) is 27.2. The fraction of sp³-hybridized carbons (Fsp3) is 0.400. The summed E-state index contributed by atoms with van der Waals surface area (Å²) in [7, 11) is 1.48. The third kappa shape index (κ3) is 10.5. The van der Waals surface area contributed by atoms with Crippen molar-refractivity contribution in [3.63, 3.8) is 0 Å². The topological polar surface area (TPSA) is 91.8 Å². The summed E-state index contributed by atoms with van der Waals surface area (Å²) in [6.07, 6.45) is 13.8. The lowest BCUT2D eigenvalue weighted by molar-refractivity contribution is -0.112. The zero-order chi connectivity index (χ0) is 32.8. The Morgan fingerprint density at radius 1 is 1.16 bits per heavy atom. The van der Waals surface area contributed by atoms with Gasteiger partial charge < -0.3 is 18.9 Å². The van der Waals surface area contributed by atoms with Gasteiger partial charge in [-0.1, -0.05) is 66.9 Å². The minimum absolute atomic E-state index is 0.0798. The van der Waals surface area contributed by atoms with Gasteiger partial charge in [0, 0.05) is 11.1 Å². The summed E-state index contributed by atoms with van der Waals surface area (Å²) in [6.45, 7) is 13.4. The maximum Gasteiger partial charge on any atom is 0.296 e. The molecule has 0 unspecified atom stereocenters. The summed E-state index contributed by atoms with van der Waals surface area (Å²) in [5, 5.41) is 11.7. The second kappa shape index (κ2) is 18.1. The minimum Gasteiger partial charge on any atom is -0.496 e. The minimum atomic E-state index is -0.493. The molecule has 242 valence electrons. The maximum absolute atomic E-state index is 15.2. The monoisotopic (exact) mass is 637 g/mol. The summed E-state index contributed by atoms with van der Waals surface area (Å²) in [5.74, 6) is 0.147. The molecular formula is C35H44FN3O5S. The molecule has 8 nitrogen and oxygen atoms in total. The number of rotatable bonds is 16. The molecule has 0 atom stereocenters. The number of halogens is 1. The first kappa shape index (κ1) is 35.5. The van der Waals surface area contributed by atoms with Crippen molar-refractivity contribution in [2.45, 2.75) is 66.9 Å². The average molecular weight is 638 g/mol. The lowest BCUT2D eigenvalue weighted by Crippen LogP contribution is -2.35. The van der Waals surface area contributed by atoms with Gasteiger partial charge in [-0.25, -0.2) is 4.39 Å². The van der Waals surface area contributed by atoms with Crippen molar-refractivity contribution in [3.8, 4) is 10.9 Å². The molecule has 2 aromatic rings. The van der Waals surface area contributed by atoms with Crippen LogP contribution in [0, 0.1) is 5.82 Å². The van der Waals surface area contributed by atoms with Crippen LogP contribution in [0.3, 0.4) is 0 Å². The van der Waals surface area contributed by atoms with E-state index in [2.05, 4.69) is 29.4 Å². The van der Waals surface area contributed by atoms with E-state index in [-0.39, 0.29) is 29.0 Å². The van der Waals surface area contributed by atoms with E-state index >= 15 is 4.39 Å². The second-order valence-corrected chi connectivity index (χ2v) is 11.6. The van der Waals surface area contributed by atoms with E-state index in [9.17, 15) is 4.79 Å². The Labute approximate surface area is 270 Å². The number of aromatic nitrogens is 2. The van der Waals surface area contributed by atoms with Crippen LogP contribution in [0.5, 0.6) is 10.9 Å². The van der Waals surface area contributed by atoms with E-state index in [1.807, 2.05) is 52.0 Å². The largest absolute Gasteiger partial charge is 0.496 e. The predicted molar refractivity (Wildman–Crippen MR) is 179 cm³/mol. The van der Waals surface area contributed by atoms with Crippen LogP contribution in [-0.2, 0) is 14.3 Å². The van der Waals surface area contributed by atoms with E-state index in [0.717, 1.165) is 53.1 Å². The molecule has 2 heterocycles. The number of carbonyl (C=O) groups is 1. The van der Waals surface area contributed by atoms with Crippen LogP contribution < -0.4 is 14.8 Å². The lowest BCUT2D eigenvalue weighted by Gasteiger charge is -2.27. The van der Waals surface area contributed by atoms with Gasteiger partial charge in [0.05, 0.1) is 25.9 Å². The summed E-state index contributed by atoms with van der Waals surface area (Å²) >= 11 is 1.11. The van der Waals surface area contributed by atoms with Gasteiger partial charge in [-0.05, 0) is 81.7 Å². The Morgan fingerprint density at radius 2 is 1.93 bits per heavy atom. The molecule has 1 amide bonds. The van der Waals surface area contributed by atoms with E-state index in [0.29, 0.717) is 29.7 Å². The molecule has 1 aromatic heterocycles. The summed E-state index contributed by atoms with van der Waals surface area (Å²) < 4.78 is 37.8. The number of unbranched alkanes of at least 4 members (excludes halogenated alkanes) is 1. The second-order valence-electron chi connectivity index (χ2n) is 10.6. The fourth-order valence-corrected chi connectivity index (χ4v) is 4.78. The smallest absolute Gasteiger partial charge is 0.296 e. The number of hydrogen-bond donors (Lipinski definition) is 1. The molecular weight excluding hydrogens is 593 g/mol. The average Bonchev–Trinajstić information content (AvgIpc) is 3.45. The summed E-state index contributed by atoms with van der Waals surface area (Å²) in [4.78, 5) is 13.7. The van der Waals surface area contributed by atoms with Crippen LogP contribution >= 0.6 is 11.3 Å². The summed E-state index contributed by atoms with van der Waals surface area (Å²) in [5.41, 5.74) is 3.93. The Morgan fingerprint density at radius 3 is 2.56 bits per heavy atom. The van der Waals surface area contributed by atoms with Crippen molar-refractivity contribution in [2.75, 3.05) is 32.2 Å². The SMILES string of the molecule is C\C=C(/C=C\C(COc1nnc(NC(=O)C(/C=C/CCC)=C(/C=C(C)C)c2c(F)cccc2OC)s1)=C(\C)CC)OC1COC1. The number of ether oxygens (including phenoxy) is 4. The van der Waals surface area contributed by atoms with Gasteiger partial charge in [-0.3, -0.25) is 10.1 Å². The number of benzene rings is 1. The van der Waals surface area contributed by atoms with Gasteiger partial charge in [-0.15, -0.1) is 5.10 Å². The van der Waals surface area contributed by atoms with Gasteiger partial charge in [0.15, 0.2) is 0 Å². The molecule has 0 bridgehead atoms. The number of hydrogen-bond acceptors (Lipinski definition) is 8. The standard InChI is InChI=1S/C35H44FN3O5S/c1-8-11-12-14-28(29(19-23(4)5)32-30(36)15-13-16-31(32)41-7)33(40)37-34-38-39-35(45-34)43-20-25(24(6)9-2)17-18-26(10-3)44-27-21-42-22-27/h10,12-19,27H,8-9,11,20-22H2,1-7H3,(H,37,38,40)/b14-12+,18-17-,25-24+,26-10+,29-28-. The highest BCUT2D eigenvalue weighted by Crippen LogP contribution is 2.34. The van der Waals surface area contributed by atoms with Crippen LogP contribution in [0.4, 0.5) is 9.52 Å². The molecule has 1 fully saturated rings. The van der Waals surface area contributed by atoms with Crippen molar-refractivity contribution in [3.05, 3.63) is 94.1 Å². The van der Waals surface area contributed by atoms with Crippen molar-refractivity contribution < 1.29 is 28.1 Å². The fourth-order valence-electron chi connectivity index (χ4n) is 4.19. The van der Waals surface area contributed by atoms with Gasteiger partial charge >= 0.3 is 0 Å². The predicted octanol–water partition coefficient (Wildman–Crippen LogP) is 8.38. The normalized spacial score (nSPS) is 15.0. The molecule has 1 aliphatic heterocycles. The van der Waals surface area contributed by atoms with Crippen LogP contribution in [0.1, 0.15) is 66.4 Å². The van der Waals surface area contributed by atoms with E-state index in [1.54, 1.807) is 24.3 Å². The highest BCUT2D eigenvalue weighted by Gasteiger charge is 2.22. The Kier molecular flexibility index (Phi) is 14.2. The molecule has 1 saturated heterocycles. The van der Waals surface area contributed by atoms with Crippen molar-refractivity contribution in [1.29, 1.82) is 0 Å². The molecule has 0 saturated carbocycles. The number of methoxy groups -OCH3 is 1. The lowest BCUT2D eigenvalue weighted by atomic mass is 9.95. The number of allylic oxidation sites excluding steroid dienone is 7.